The van der Waals surface area contributed by atoms with Crippen molar-refractivity contribution in [1.82, 2.24) is 0 Å². The second kappa shape index (κ2) is 4.92. The van der Waals surface area contributed by atoms with Crippen LogP contribution in [0.3, 0.4) is 0 Å². The van der Waals surface area contributed by atoms with Crippen molar-refractivity contribution in [2.75, 3.05) is 0 Å². The summed E-state index contributed by atoms with van der Waals surface area (Å²) in [6.45, 7) is 3.21. The van der Waals surface area contributed by atoms with Crippen LogP contribution in [0.2, 0.25) is 0 Å². The molecule has 0 aliphatic heterocycles. The van der Waals surface area contributed by atoms with E-state index in [2.05, 4.69) is 0 Å². The maximum Gasteiger partial charge on any atom is 0.166 e. The predicted molar refractivity (Wildman–Crippen MR) is 78.7 cm³/mol. The van der Waals surface area contributed by atoms with Crippen LogP contribution < -0.4 is 0 Å². The van der Waals surface area contributed by atoms with Gasteiger partial charge in [-0.25, -0.2) is 13.2 Å². The fourth-order valence-electron chi connectivity index (χ4n) is 2.41. The van der Waals surface area contributed by atoms with Gasteiger partial charge < -0.3 is 0 Å². The number of fused-ring (bicyclic) bond motifs is 1. The average molecular weight is 286 g/mol. The van der Waals surface area contributed by atoms with Crippen molar-refractivity contribution in [3.8, 4) is 11.1 Å². The molecule has 3 aromatic carbocycles. The Morgan fingerprint density at radius 3 is 2.05 bits per heavy atom. The SMILES string of the molecule is Cc1ccc(-c2ccc3cc(C)c(F)c(F)c3c2)cc1F. The van der Waals surface area contributed by atoms with E-state index in [1.807, 2.05) is 0 Å². The molecule has 0 nitrogen and oxygen atoms in total. The summed E-state index contributed by atoms with van der Waals surface area (Å²) in [5.41, 5.74) is 2.12. The van der Waals surface area contributed by atoms with Crippen molar-refractivity contribution in [3.63, 3.8) is 0 Å². The van der Waals surface area contributed by atoms with E-state index in [-0.39, 0.29) is 16.8 Å². The highest BCUT2D eigenvalue weighted by Crippen LogP contribution is 2.29. The van der Waals surface area contributed by atoms with Crippen LogP contribution in [0, 0.1) is 31.3 Å². The van der Waals surface area contributed by atoms with Crippen LogP contribution in [-0.2, 0) is 0 Å². The average Bonchev–Trinajstić information content (AvgIpc) is 2.47. The minimum atomic E-state index is -0.862. The first-order chi connectivity index (χ1) is 9.97. The summed E-state index contributed by atoms with van der Waals surface area (Å²) in [5, 5.41) is 0.833. The number of benzene rings is 3. The molecular weight excluding hydrogens is 273 g/mol. The highest BCUT2D eigenvalue weighted by molar-refractivity contribution is 5.88. The monoisotopic (exact) mass is 286 g/mol. The first kappa shape index (κ1) is 13.7. The van der Waals surface area contributed by atoms with Crippen LogP contribution in [0.4, 0.5) is 13.2 Å². The first-order valence-corrected chi connectivity index (χ1v) is 6.62. The molecule has 3 aromatic rings. The van der Waals surface area contributed by atoms with E-state index in [4.69, 9.17) is 0 Å². The molecule has 0 aromatic heterocycles. The quantitative estimate of drug-likeness (QED) is 0.551. The summed E-state index contributed by atoms with van der Waals surface area (Å²) in [4.78, 5) is 0. The molecule has 0 radical (unpaired) electrons. The van der Waals surface area contributed by atoms with Gasteiger partial charge in [-0.3, -0.25) is 0 Å². The third kappa shape index (κ3) is 2.29. The molecule has 0 saturated carbocycles. The normalized spacial score (nSPS) is 11.1. The fraction of sp³-hybridized carbons (Fsp3) is 0.111. The fourth-order valence-corrected chi connectivity index (χ4v) is 2.41. The Kier molecular flexibility index (Phi) is 3.20. The van der Waals surface area contributed by atoms with E-state index < -0.39 is 11.6 Å². The maximum absolute atomic E-state index is 14.0. The van der Waals surface area contributed by atoms with Gasteiger partial charge in [-0.1, -0.05) is 24.3 Å². The van der Waals surface area contributed by atoms with Crippen molar-refractivity contribution >= 4 is 10.8 Å². The Balaban J connectivity index is 2.23. The molecule has 21 heavy (non-hydrogen) atoms. The maximum atomic E-state index is 14.0. The Hall–Kier alpha value is -2.29. The van der Waals surface area contributed by atoms with E-state index in [9.17, 15) is 13.2 Å². The summed E-state index contributed by atoms with van der Waals surface area (Å²) >= 11 is 0. The molecule has 0 bridgehead atoms. The van der Waals surface area contributed by atoms with Crippen LogP contribution in [-0.4, -0.2) is 0 Å². The molecule has 0 N–H and O–H groups in total. The van der Waals surface area contributed by atoms with E-state index in [0.717, 1.165) is 0 Å². The summed E-state index contributed by atoms with van der Waals surface area (Å²) in [5.74, 6) is -2.02. The highest BCUT2D eigenvalue weighted by atomic mass is 19.2. The van der Waals surface area contributed by atoms with Gasteiger partial charge in [0.25, 0.3) is 0 Å². The van der Waals surface area contributed by atoms with Crippen LogP contribution in [0.25, 0.3) is 21.9 Å². The third-order valence-electron chi connectivity index (χ3n) is 3.71. The van der Waals surface area contributed by atoms with Crippen LogP contribution in [0.15, 0.2) is 42.5 Å². The lowest BCUT2D eigenvalue weighted by atomic mass is 9.98. The van der Waals surface area contributed by atoms with Crippen molar-refractivity contribution < 1.29 is 13.2 Å². The van der Waals surface area contributed by atoms with Gasteiger partial charge in [0, 0.05) is 5.39 Å². The molecule has 0 aliphatic carbocycles. The lowest BCUT2D eigenvalue weighted by Gasteiger charge is -2.08. The van der Waals surface area contributed by atoms with Crippen LogP contribution in [0.1, 0.15) is 11.1 Å². The second-order valence-electron chi connectivity index (χ2n) is 5.22. The van der Waals surface area contributed by atoms with Crippen molar-refractivity contribution in [2.45, 2.75) is 13.8 Å². The lowest BCUT2D eigenvalue weighted by Crippen LogP contribution is -1.92. The van der Waals surface area contributed by atoms with Gasteiger partial charge in [-0.2, -0.15) is 0 Å². The molecule has 0 saturated heterocycles. The van der Waals surface area contributed by atoms with E-state index >= 15 is 0 Å². The molecule has 106 valence electrons. The molecule has 0 spiro atoms. The largest absolute Gasteiger partial charge is 0.207 e. The van der Waals surface area contributed by atoms with E-state index in [0.29, 0.717) is 22.1 Å². The summed E-state index contributed by atoms with van der Waals surface area (Å²) in [6, 6.07) is 11.5. The Morgan fingerprint density at radius 1 is 0.667 bits per heavy atom. The predicted octanol–water partition coefficient (Wildman–Crippen LogP) is 5.54. The smallest absolute Gasteiger partial charge is 0.166 e. The second-order valence-corrected chi connectivity index (χ2v) is 5.22. The van der Waals surface area contributed by atoms with Gasteiger partial charge in [0.15, 0.2) is 11.6 Å². The molecule has 0 fully saturated rings. The van der Waals surface area contributed by atoms with Crippen LogP contribution >= 0.6 is 0 Å². The van der Waals surface area contributed by atoms with E-state index in [1.54, 1.807) is 43.3 Å². The molecule has 3 heteroatoms. The molecule has 3 rings (SSSR count). The standard InChI is InChI=1S/C18H13F3/c1-10-3-4-13(9-16(10)19)12-5-6-14-7-11(2)17(20)18(21)15(14)8-12/h3-9H,1-2H3. The first-order valence-electron chi connectivity index (χ1n) is 6.62. The third-order valence-corrected chi connectivity index (χ3v) is 3.71. The molecule has 0 heterocycles. The number of hydrogen-bond acceptors (Lipinski definition) is 0. The lowest BCUT2D eigenvalue weighted by molar-refractivity contribution is 0.511. The molecular formula is C18H13F3. The molecule has 0 unspecified atom stereocenters. The highest BCUT2D eigenvalue weighted by Gasteiger charge is 2.12. The van der Waals surface area contributed by atoms with Gasteiger partial charge in [0.2, 0.25) is 0 Å². The van der Waals surface area contributed by atoms with Crippen molar-refractivity contribution in [1.29, 1.82) is 0 Å². The summed E-state index contributed by atoms with van der Waals surface area (Å²) in [6.07, 6.45) is 0. The Bertz CT molecular complexity index is 851. The van der Waals surface area contributed by atoms with Gasteiger partial charge in [-0.15, -0.1) is 0 Å². The zero-order valence-corrected chi connectivity index (χ0v) is 11.7. The minimum absolute atomic E-state index is 0.205. The topological polar surface area (TPSA) is 0 Å². The Labute approximate surface area is 120 Å². The zero-order chi connectivity index (χ0) is 15.1. The van der Waals surface area contributed by atoms with Crippen LogP contribution in [0.5, 0.6) is 0 Å². The number of aryl methyl sites for hydroxylation is 2. The van der Waals surface area contributed by atoms with Gasteiger partial charge in [0.05, 0.1) is 0 Å². The Morgan fingerprint density at radius 2 is 1.33 bits per heavy atom. The van der Waals surface area contributed by atoms with Crippen molar-refractivity contribution in [3.05, 3.63) is 71.0 Å². The number of hydrogen-bond donors (Lipinski definition) is 0. The number of halogens is 3. The summed E-state index contributed by atoms with van der Waals surface area (Å²) in [7, 11) is 0. The summed E-state index contributed by atoms with van der Waals surface area (Å²) < 4.78 is 41.4. The molecule has 0 aliphatic rings. The van der Waals surface area contributed by atoms with E-state index in [1.165, 1.54) is 13.0 Å². The minimum Gasteiger partial charge on any atom is -0.207 e. The number of rotatable bonds is 1. The zero-order valence-electron chi connectivity index (χ0n) is 11.7. The van der Waals surface area contributed by atoms with Gasteiger partial charge >= 0.3 is 0 Å². The molecule has 0 amide bonds. The van der Waals surface area contributed by atoms with Crippen molar-refractivity contribution in [2.24, 2.45) is 0 Å². The van der Waals surface area contributed by atoms with Gasteiger partial charge in [-0.05, 0) is 59.7 Å². The molecule has 0 atom stereocenters. The van der Waals surface area contributed by atoms with Gasteiger partial charge in [0.1, 0.15) is 5.82 Å².